The Balaban J connectivity index is 1.40. The van der Waals surface area contributed by atoms with Gasteiger partial charge >= 0.3 is 0 Å². The molecule has 1 aromatic heterocycles. The summed E-state index contributed by atoms with van der Waals surface area (Å²) in [6.45, 7) is 7.21. The fourth-order valence-corrected chi connectivity index (χ4v) is 4.94. The minimum Gasteiger partial charge on any atom is -0.496 e. The summed E-state index contributed by atoms with van der Waals surface area (Å²) in [7, 11) is 1.70. The molecule has 5 nitrogen and oxygen atoms in total. The molecule has 1 aliphatic heterocycles. The molecule has 0 N–H and O–H groups in total. The van der Waals surface area contributed by atoms with Gasteiger partial charge in [-0.3, -0.25) is 9.69 Å². The molecule has 2 aromatic carbocycles. The quantitative estimate of drug-likeness (QED) is 0.510. The second kappa shape index (κ2) is 10.7. The molecule has 0 radical (unpaired) electrons. The summed E-state index contributed by atoms with van der Waals surface area (Å²) in [6.07, 6.45) is 0. The van der Waals surface area contributed by atoms with Gasteiger partial charge in [-0.2, -0.15) is 0 Å². The van der Waals surface area contributed by atoms with Crippen LogP contribution in [0.1, 0.15) is 16.0 Å². The second-order valence-electron chi connectivity index (χ2n) is 8.24. The Kier molecular flexibility index (Phi) is 7.45. The van der Waals surface area contributed by atoms with Crippen LogP contribution < -0.4 is 9.64 Å². The molecule has 32 heavy (non-hydrogen) atoms. The predicted octanol–water partition coefficient (Wildman–Crippen LogP) is 4.42. The minimum absolute atomic E-state index is 0.195. The number of hydrogen-bond donors (Lipinski definition) is 0. The number of amides is 1. The number of carbonyl (C=O) groups is 1. The molecule has 3 aromatic rings. The highest BCUT2D eigenvalue weighted by Gasteiger charge is 2.23. The van der Waals surface area contributed by atoms with E-state index in [0.29, 0.717) is 13.1 Å². The van der Waals surface area contributed by atoms with Crippen LogP contribution in [0, 0.1) is 6.92 Å². The lowest BCUT2D eigenvalue weighted by molar-refractivity contribution is -0.133. The highest BCUT2D eigenvalue weighted by atomic mass is 32.1. The molecule has 0 saturated carbocycles. The first kappa shape index (κ1) is 22.4. The number of aryl methyl sites for hydroxylation is 1. The van der Waals surface area contributed by atoms with E-state index >= 15 is 0 Å². The van der Waals surface area contributed by atoms with E-state index < -0.39 is 0 Å². The van der Waals surface area contributed by atoms with Gasteiger partial charge in [-0.05, 0) is 42.1 Å². The van der Waals surface area contributed by atoms with E-state index in [1.165, 1.54) is 16.1 Å². The van der Waals surface area contributed by atoms with Crippen molar-refractivity contribution >= 4 is 22.9 Å². The van der Waals surface area contributed by atoms with Crippen LogP contribution >= 0.6 is 11.3 Å². The van der Waals surface area contributed by atoms with Crippen LogP contribution in [0.2, 0.25) is 0 Å². The normalized spacial score (nSPS) is 14.1. The number of anilines is 1. The molecule has 0 atom stereocenters. The van der Waals surface area contributed by atoms with Crippen molar-refractivity contribution in [2.24, 2.45) is 0 Å². The highest BCUT2D eigenvalue weighted by molar-refractivity contribution is 7.09. The molecule has 1 aliphatic rings. The minimum atomic E-state index is 0.195. The van der Waals surface area contributed by atoms with E-state index in [1.807, 2.05) is 23.1 Å². The molecular weight excluding hydrogens is 418 g/mol. The highest BCUT2D eigenvalue weighted by Crippen LogP contribution is 2.22. The summed E-state index contributed by atoms with van der Waals surface area (Å²) in [5.41, 5.74) is 3.61. The van der Waals surface area contributed by atoms with Crippen molar-refractivity contribution in [3.05, 3.63) is 82.0 Å². The number of ether oxygens (including phenoxy) is 1. The summed E-state index contributed by atoms with van der Waals surface area (Å²) in [5, 5.41) is 2.09. The molecule has 168 valence electrons. The van der Waals surface area contributed by atoms with Crippen molar-refractivity contribution in [2.75, 3.05) is 44.7 Å². The SMILES string of the molecule is COc1ccccc1CN(CC(=O)N1CCN(c2cccc(C)c2)CC1)Cc1cccs1. The Morgan fingerprint density at radius 3 is 2.53 bits per heavy atom. The molecule has 6 heteroatoms. The number of piperazine rings is 1. The van der Waals surface area contributed by atoms with Gasteiger partial charge in [-0.15, -0.1) is 11.3 Å². The number of benzene rings is 2. The van der Waals surface area contributed by atoms with Gasteiger partial charge in [0, 0.05) is 55.4 Å². The van der Waals surface area contributed by atoms with Crippen molar-refractivity contribution in [2.45, 2.75) is 20.0 Å². The van der Waals surface area contributed by atoms with Gasteiger partial charge in [0.2, 0.25) is 5.91 Å². The predicted molar refractivity (Wildman–Crippen MR) is 131 cm³/mol. The maximum absolute atomic E-state index is 13.2. The number of thiophene rings is 1. The number of methoxy groups -OCH3 is 1. The van der Waals surface area contributed by atoms with Crippen LogP contribution in [0.25, 0.3) is 0 Å². The molecule has 0 bridgehead atoms. The zero-order valence-corrected chi connectivity index (χ0v) is 19.7. The van der Waals surface area contributed by atoms with Crippen molar-refractivity contribution < 1.29 is 9.53 Å². The first-order valence-corrected chi connectivity index (χ1v) is 12.0. The van der Waals surface area contributed by atoms with Gasteiger partial charge < -0.3 is 14.5 Å². The summed E-state index contributed by atoms with van der Waals surface area (Å²) in [6, 6.07) is 20.8. The van der Waals surface area contributed by atoms with Crippen molar-refractivity contribution in [1.82, 2.24) is 9.80 Å². The molecule has 0 aliphatic carbocycles. The van der Waals surface area contributed by atoms with E-state index in [9.17, 15) is 4.79 Å². The van der Waals surface area contributed by atoms with Crippen LogP contribution in [-0.4, -0.2) is 55.5 Å². The average molecular weight is 450 g/mol. The molecular formula is C26H31N3O2S. The van der Waals surface area contributed by atoms with E-state index in [0.717, 1.165) is 44.0 Å². The molecule has 0 unspecified atom stereocenters. The Morgan fingerprint density at radius 1 is 1.00 bits per heavy atom. The summed E-state index contributed by atoms with van der Waals surface area (Å²) in [5.74, 6) is 1.06. The first-order valence-electron chi connectivity index (χ1n) is 11.1. The third-order valence-corrected chi connectivity index (χ3v) is 6.77. The monoisotopic (exact) mass is 449 g/mol. The Bertz CT molecular complexity index is 1010. The third kappa shape index (κ3) is 5.69. The van der Waals surface area contributed by atoms with Crippen molar-refractivity contribution in [3.63, 3.8) is 0 Å². The number of rotatable bonds is 8. The number of hydrogen-bond acceptors (Lipinski definition) is 5. The van der Waals surface area contributed by atoms with Gasteiger partial charge in [0.05, 0.1) is 13.7 Å². The topological polar surface area (TPSA) is 36.0 Å². The van der Waals surface area contributed by atoms with E-state index in [-0.39, 0.29) is 5.91 Å². The van der Waals surface area contributed by atoms with Gasteiger partial charge in [0.1, 0.15) is 5.75 Å². The molecule has 1 fully saturated rings. The largest absolute Gasteiger partial charge is 0.496 e. The van der Waals surface area contributed by atoms with Gasteiger partial charge in [0.15, 0.2) is 0 Å². The Labute approximate surface area is 194 Å². The van der Waals surface area contributed by atoms with Crippen molar-refractivity contribution in [1.29, 1.82) is 0 Å². The van der Waals surface area contributed by atoms with Gasteiger partial charge in [-0.1, -0.05) is 36.4 Å². The standard InChI is InChI=1S/C26H31N3O2S/c1-21-7-5-9-23(17-21)28-12-14-29(15-13-28)26(30)20-27(19-24-10-6-16-32-24)18-22-8-3-4-11-25(22)31-2/h3-11,16-17H,12-15,18-20H2,1-2H3. The fraction of sp³-hybridized carbons (Fsp3) is 0.346. The average Bonchev–Trinajstić information content (AvgIpc) is 3.32. The smallest absolute Gasteiger partial charge is 0.236 e. The number of carbonyl (C=O) groups excluding carboxylic acids is 1. The summed E-state index contributed by atoms with van der Waals surface area (Å²) < 4.78 is 5.54. The summed E-state index contributed by atoms with van der Waals surface area (Å²) >= 11 is 1.73. The van der Waals surface area contributed by atoms with Gasteiger partial charge in [0.25, 0.3) is 0 Å². The van der Waals surface area contributed by atoms with Crippen LogP contribution in [0.4, 0.5) is 5.69 Å². The van der Waals surface area contributed by atoms with Gasteiger partial charge in [-0.25, -0.2) is 0 Å². The second-order valence-corrected chi connectivity index (χ2v) is 9.28. The molecule has 0 spiro atoms. The maximum Gasteiger partial charge on any atom is 0.236 e. The van der Waals surface area contributed by atoms with Crippen LogP contribution in [-0.2, 0) is 17.9 Å². The fourth-order valence-electron chi connectivity index (χ4n) is 4.20. The van der Waals surface area contributed by atoms with E-state index in [4.69, 9.17) is 4.74 Å². The van der Waals surface area contributed by atoms with Crippen LogP contribution in [0.15, 0.2) is 66.0 Å². The number of nitrogens with zero attached hydrogens (tertiary/aromatic N) is 3. The summed E-state index contributed by atoms with van der Waals surface area (Å²) in [4.78, 5) is 21.1. The lowest BCUT2D eigenvalue weighted by Gasteiger charge is -2.37. The first-order chi connectivity index (χ1) is 15.6. The lowest BCUT2D eigenvalue weighted by atomic mass is 10.1. The van der Waals surface area contributed by atoms with Crippen LogP contribution in [0.5, 0.6) is 5.75 Å². The maximum atomic E-state index is 13.2. The Hall–Kier alpha value is -2.83. The molecule has 2 heterocycles. The molecule has 1 amide bonds. The zero-order valence-electron chi connectivity index (χ0n) is 18.9. The van der Waals surface area contributed by atoms with Crippen LogP contribution in [0.3, 0.4) is 0 Å². The van der Waals surface area contributed by atoms with E-state index in [1.54, 1.807) is 18.4 Å². The molecule has 4 rings (SSSR count). The van der Waals surface area contributed by atoms with Crippen molar-refractivity contribution in [3.8, 4) is 5.75 Å². The molecule has 1 saturated heterocycles. The third-order valence-electron chi connectivity index (χ3n) is 5.90. The van der Waals surface area contributed by atoms with E-state index in [2.05, 4.69) is 64.6 Å². The number of para-hydroxylation sites is 1. The lowest BCUT2D eigenvalue weighted by Crippen LogP contribution is -2.51. The Morgan fingerprint density at radius 2 is 1.81 bits per heavy atom. The zero-order chi connectivity index (χ0) is 22.3.